The first-order valence-corrected chi connectivity index (χ1v) is 8.39. The monoisotopic (exact) mass is 354 g/mol. The number of hydrogen-bond acceptors (Lipinski definition) is 5. The molecule has 2 aromatic carbocycles. The Morgan fingerprint density at radius 3 is 2.38 bits per heavy atom. The molecule has 1 amide bonds. The van der Waals surface area contributed by atoms with Crippen LogP contribution in [-0.4, -0.2) is 30.1 Å². The van der Waals surface area contributed by atoms with E-state index in [9.17, 15) is 14.9 Å². The quantitative estimate of drug-likeness (QED) is 0.468. The molecular weight excluding hydrogens is 332 g/mol. The van der Waals surface area contributed by atoms with Crippen molar-refractivity contribution in [3.05, 3.63) is 69.3 Å². The standard InChI is InChI=1S/C19H22N4O3/c1-4-22(5-2)17-9-6-15(7-10-17)13-20-21-19(24)16-8-11-18(23(25)26)14(3)12-16/h6-13H,4-5H2,1-3H3,(H,21,24). The summed E-state index contributed by atoms with van der Waals surface area (Å²) < 4.78 is 0. The molecule has 0 saturated carbocycles. The number of hydrogen-bond donors (Lipinski definition) is 1. The van der Waals surface area contributed by atoms with Crippen LogP contribution in [0.5, 0.6) is 0 Å². The molecule has 7 heteroatoms. The van der Waals surface area contributed by atoms with Gasteiger partial charge in [-0.2, -0.15) is 5.10 Å². The van der Waals surface area contributed by atoms with Gasteiger partial charge in [-0.3, -0.25) is 14.9 Å². The van der Waals surface area contributed by atoms with Gasteiger partial charge in [0.15, 0.2) is 0 Å². The van der Waals surface area contributed by atoms with Gasteiger partial charge in [0.25, 0.3) is 11.6 Å². The van der Waals surface area contributed by atoms with Crippen LogP contribution >= 0.6 is 0 Å². The van der Waals surface area contributed by atoms with E-state index in [0.29, 0.717) is 11.1 Å². The summed E-state index contributed by atoms with van der Waals surface area (Å²) in [4.78, 5) is 24.7. The number of carbonyl (C=O) groups excluding carboxylic acids is 1. The lowest BCUT2D eigenvalue weighted by atomic mass is 10.1. The summed E-state index contributed by atoms with van der Waals surface area (Å²) in [5.41, 5.74) is 5.17. The van der Waals surface area contributed by atoms with Crippen molar-refractivity contribution in [1.29, 1.82) is 0 Å². The highest BCUT2D eigenvalue weighted by atomic mass is 16.6. The van der Waals surface area contributed by atoms with Crippen molar-refractivity contribution in [2.24, 2.45) is 5.10 Å². The van der Waals surface area contributed by atoms with Crippen LogP contribution in [0.15, 0.2) is 47.6 Å². The maximum absolute atomic E-state index is 12.1. The summed E-state index contributed by atoms with van der Waals surface area (Å²) in [5.74, 6) is -0.418. The molecule has 0 aromatic heterocycles. The Balaban J connectivity index is 2.00. The number of hydrazone groups is 1. The Hall–Kier alpha value is -3.22. The minimum atomic E-state index is -0.475. The summed E-state index contributed by atoms with van der Waals surface area (Å²) in [6.45, 7) is 7.68. The molecule has 0 unspecified atom stereocenters. The molecule has 0 fully saturated rings. The van der Waals surface area contributed by atoms with Crippen molar-refractivity contribution < 1.29 is 9.72 Å². The third kappa shape index (κ3) is 4.66. The summed E-state index contributed by atoms with van der Waals surface area (Å²) in [5, 5.41) is 14.8. The molecular formula is C19H22N4O3. The molecule has 0 bridgehead atoms. The lowest BCUT2D eigenvalue weighted by molar-refractivity contribution is -0.385. The minimum absolute atomic E-state index is 0.0154. The van der Waals surface area contributed by atoms with Crippen LogP contribution in [0.2, 0.25) is 0 Å². The lowest BCUT2D eigenvalue weighted by Gasteiger charge is -2.20. The van der Waals surface area contributed by atoms with Crippen LogP contribution in [0.1, 0.15) is 35.3 Å². The molecule has 7 nitrogen and oxygen atoms in total. The van der Waals surface area contributed by atoms with Crippen LogP contribution in [0.4, 0.5) is 11.4 Å². The highest BCUT2D eigenvalue weighted by Gasteiger charge is 2.13. The number of nitro groups is 1. The largest absolute Gasteiger partial charge is 0.372 e. The van der Waals surface area contributed by atoms with Gasteiger partial charge in [-0.05, 0) is 50.6 Å². The first-order valence-electron chi connectivity index (χ1n) is 8.39. The maximum Gasteiger partial charge on any atom is 0.272 e. The van der Waals surface area contributed by atoms with Crippen molar-refractivity contribution in [3.63, 3.8) is 0 Å². The fourth-order valence-electron chi connectivity index (χ4n) is 2.59. The molecule has 1 N–H and O–H groups in total. The molecule has 0 saturated heterocycles. The number of anilines is 1. The van der Waals surface area contributed by atoms with Crippen LogP contribution < -0.4 is 10.3 Å². The zero-order valence-corrected chi connectivity index (χ0v) is 15.1. The van der Waals surface area contributed by atoms with Gasteiger partial charge in [0.2, 0.25) is 0 Å². The first-order chi connectivity index (χ1) is 12.5. The van der Waals surface area contributed by atoms with Gasteiger partial charge in [0.05, 0.1) is 11.1 Å². The molecule has 136 valence electrons. The summed E-state index contributed by atoms with van der Waals surface area (Å²) in [7, 11) is 0. The maximum atomic E-state index is 12.1. The zero-order chi connectivity index (χ0) is 19.1. The van der Waals surface area contributed by atoms with Gasteiger partial charge < -0.3 is 4.90 Å². The smallest absolute Gasteiger partial charge is 0.272 e. The second-order valence-electron chi connectivity index (χ2n) is 5.72. The number of aryl methyl sites for hydroxylation is 1. The van der Waals surface area contributed by atoms with Gasteiger partial charge in [-0.1, -0.05) is 12.1 Å². The van der Waals surface area contributed by atoms with Crippen molar-refractivity contribution in [2.75, 3.05) is 18.0 Å². The number of nitro benzene ring substituents is 1. The molecule has 2 rings (SSSR count). The van der Waals surface area contributed by atoms with Crippen LogP contribution in [-0.2, 0) is 0 Å². The summed E-state index contributed by atoms with van der Waals surface area (Å²) >= 11 is 0. The number of nitrogens with zero attached hydrogens (tertiary/aromatic N) is 3. The van der Waals surface area contributed by atoms with Crippen molar-refractivity contribution in [3.8, 4) is 0 Å². The Morgan fingerprint density at radius 2 is 1.85 bits per heavy atom. The third-order valence-corrected chi connectivity index (χ3v) is 4.06. The fraction of sp³-hybridized carbons (Fsp3) is 0.263. The van der Waals surface area contributed by atoms with E-state index in [2.05, 4.69) is 29.3 Å². The summed E-state index contributed by atoms with van der Waals surface area (Å²) in [6, 6.07) is 12.1. The van der Waals surface area contributed by atoms with E-state index in [1.165, 1.54) is 18.2 Å². The molecule has 26 heavy (non-hydrogen) atoms. The molecule has 0 radical (unpaired) electrons. The van der Waals surface area contributed by atoms with Crippen molar-refractivity contribution >= 4 is 23.5 Å². The molecule has 2 aromatic rings. The number of nitrogens with one attached hydrogen (secondary N) is 1. The zero-order valence-electron chi connectivity index (χ0n) is 15.1. The molecule has 0 aliphatic heterocycles. The van der Waals surface area contributed by atoms with Gasteiger partial charge in [0.1, 0.15) is 0 Å². The minimum Gasteiger partial charge on any atom is -0.372 e. The molecule has 0 aliphatic carbocycles. The van der Waals surface area contributed by atoms with E-state index in [1.807, 2.05) is 24.3 Å². The van der Waals surface area contributed by atoms with Crippen LogP contribution in [0.3, 0.4) is 0 Å². The second kappa shape index (κ2) is 8.75. The van der Waals surface area contributed by atoms with Crippen LogP contribution in [0, 0.1) is 17.0 Å². The van der Waals surface area contributed by atoms with E-state index in [-0.39, 0.29) is 5.69 Å². The summed E-state index contributed by atoms with van der Waals surface area (Å²) in [6.07, 6.45) is 1.56. The van der Waals surface area contributed by atoms with E-state index in [0.717, 1.165) is 24.3 Å². The fourth-order valence-corrected chi connectivity index (χ4v) is 2.59. The number of benzene rings is 2. The predicted octanol–water partition coefficient (Wildman–Crippen LogP) is 3.51. The van der Waals surface area contributed by atoms with Gasteiger partial charge in [-0.25, -0.2) is 5.43 Å². The molecule has 0 aliphatic rings. The second-order valence-corrected chi connectivity index (χ2v) is 5.72. The van der Waals surface area contributed by atoms with E-state index in [4.69, 9.17) is 0 Å². The topological polar surface area (TPSA) is 87.8 Å². The van der Waals surface area contributed by atoms with E-state index < -0.39 is 10.8 Å². The molecule has 0 spiro atoms. The van der Waals surface area contributed by atoms with E-state index in [1.54, 1.807) is 13.1 Å². The number of amides is 1. The van der Waals surface area contributed by atoms with Gasteiger partial charge in [-0.15, -0.1) is 0 Å². The highest BCUT2D eigenvalue weighted by Crippen LogP contribution is 2.18. The lowest BCUT2D eigenvalue weighted by Crippen LogP contribution is -2.21. The van der Waals surface area contributed by atoms with Gasteiger partial charge in [0, 0.05) is 36.0 Å². The predicted molar refractivity (Wildman–Crippen MR) is 103 cm³/mol. The Kier molecular flexibility index (Phi) is 6.43. The van der Waals surface area contributed by atoms with Crippen LogP contribution in [0.25, 0.3) is 0 Å². The Morgan fingerprint density at radius 1 is 1.19 bits per heavy atom. The number of carbonyl (C=O) groups is 1. The Labute approximate surface area is 152 Å². The highest BCUT2D eigenvalue weighted by molar-refractivity contribution is 5.95. The third-order valence-electron chi connectivity index (χ3n) is 4.06. The number of rotatable bonds is 7. The molecule has 0 atom stereocenters. The van der Waals surface area contributed by atoms with E-state index >= 15 is 0 Å². The SMILES string of the molecule is CCN(CC)c1ccc(C=NNC(=O)c2ccc([N+](=O)[O-])c(C)c2)cc1. The van der Waals surface area contributed by atoms with Gasteiger partial charge >= 0.3 is 0 Å². The van der Waals surface area contributed by atoms with Crippen molar-refractivity contribution in [1.82, 2.24) is 5.43 Å². The average molecular weight is 354 g/mol. The average Bonchev–Trinajstić information content (AvgIpc) is 2.63. The first kappa shape index (κ1) is 19.1. The Bertz CT molecular complexity index is 812. The molecule has 0 heterocycles. The normalized spacial score (nSPS) is 10.7. The van der Waals surface area contributed by atoms with Crippen molar-refractivity contribution in [2.45, 2.75) is 20.8 Å².